The summed E-state index contributed by atoms with van der Waals surface area (Å²) in [6, 6.07) is 31.6. The van der Waals surface area contributed by atoms with E-state index in [1.165, 1.54) is 6.33 Å². The van der Waals surface area contributed by atoms with Crippen molar-refractivity contribution in [3.8, 4) is 11.3 Å². The highest BCUT2D eigenvalue weighted by Crippen LogP contribution is 2.41. The van der Waals surface area contributed by atoms with Gasteiger partial charge in [-0.25, -0.2) is 15.0 Å². The molecule has 4 nitrogen and oxygen atoms in total. The maximum atomic E-state index is 4.77. The predicted octanol–water partition coefficient (Wildman–Crippen LogP) is 5.82. The van der Waals surface area contributed by atoms with Crippen LogP contribution in [0.5, 0.6) is 0 Å². The molecule has 0 N–H and O–H groups in total. The van der Waals surface area contributed by atoms with Gasteiger partial charge < -0.3 is 4.57 Å². The van der Waals surface area contributed by atoms with Crippen LogP contribution in [0.25, 0.3) is 17.3 Å². The molecule has 0 saturated carbocycles. The van der Waals surface area contributed by atoms with Crippen LogP contribution in [0.1, 0.15) is 22.4 Å². The SMILES string of the molecule is C=Cc1ncncc1-c1cn(C(c2ccccc2)(c2ccccc2)c2ccccc2)cn1. The quantitative estimate of drug-likeness (QED) is 0.329. The lowest BCUT2D eigenvalue weighted by Gasteiger charge is -2.37. The van der Waals surface area contributed by atoms with Gasteiger partial charge in [-0.3, -0.25) is 0 Å². The molecule has 0 bridgehead atoms. The Balaban J connectivity index is 1.82. The predicted molar refractivity (Wildman–Crippen MR) is 128 cm³/mol. The molecule has 5 aromatic rings. The van der Waals surface area contributed by atoms with Crippen LogP contribution >= 0.6 is 0 Å². The summed E-state index contributed by atoms with van der Waals surface area (Å²) in [6.45, 7) is 3.89. The van der Waals surface area contributed by atoms with Gasteiger partial charge in [0, 0.05) is 18.0 Å². The Morgan fingerprint density at radius 3 is 1.75 bits per heavy atom. The third-order valence-electron chi connectivity index (χ3n) is 5.76. The maximum absolute atomic E-state index is 4.77. The van der Waals surface area contributed by atoms with E-state index in [2.05, 4.69) is 100 Å². The molecule has 4 heteroatoms. The van der Waals surface area contributed by atoms with Gasteiger partial charge in [0.15, 0.2) is 0 Å². The van der Waals surface area contributed by atoms with Crippen LogP contribution in [0.4, 0.5) is 0 Å². The van der Waals surface area contributed by atoms with Crippen LogP contribution in [0, 0.1) is 0 Å². The largest absolute Gasteiger partial charge is 0.318 e. The first-order valence-corrected chi connectivity index (χ1v) is 10.5. The molecule has 2 heterocycles. The molecule has 0 fully saturated rings. The third kappa shape index (κ3) is 3.22. The Kier molecular flexibility index (Phi) is 5.18. The zero-order valence-corrected chi connectivity index (χ0v) is 17.5. The minimum atomic E-state index is -0.598. The Morgan fingerprint density at radius 1 is 0.719 bits per heavy atom. The number of nitrogens with zero attached hydrogens (tertiary/aromatic N) is 4. The molecule has 0 saturated heterocycles. The second kappa shape index (κ2) is 8.44. The van der Waals surface area contributed by atoms with E-state index in [0.29, 0.717) is 0 Å². The molecule has 0 aliphatic heterocycles. The molecule has 0 amide bonds. The van der Waals surface area contributed by atoms with E-state index in [9.17, 15) is 0 Å². The third-order valence-corrected chi connectivity index (χ3v) is 5.76. The molecule has 5 rings (SSSR count). The van der Waals surface area contributed by atoms with Crippen molar-refractivity contribution < 1.29 is 0 Å². The van der Waals surface area contributed by atoms with Crippen molar-refractivity contribution in [2.75, 3.05) is 0 Å². The molecule has 2 aromatic heterocycles. The number of benzene rings is 3. The minimum Gasteiger partial charge on any atom is -0.318 e. The molecule has 0 aliphatic carbocycles. The number of hydrogen-bond donors (Lipinski definition) is 0. The van der Waals surface area contributed by atoms with Crippen molar-refractivity contribution in [2.24, 2.45) is 0 Å². The highest BCUT2D eigenvalue weighted by molar-refractivity contribution is 5.68. The average molecular weight is 415 g/mol. The van der Waals surface area contributed by atoms with Gasteiger partial charge in [-0.1, -0.05) is 97.6 Å². The van der Waals surface area contributed by atoms with Crippen molar-refractivity contribution in [2.45, 2.75) is 5.54 Å². The molecule has 0 spiro atoms. The van der Waals surface area contributed by atoms with E-state index in [1.807, 2.05) is 24.5 Å². The van der Waals surface area contributed by atoms with E-state index in [4.69, 9.17) is 4.98 Å². The van der Waals surface area contributed by atoms with Crippen LogP contribution in [-0.2, 0) is 5.54 Å². The molecule has 3 aromatic carbocycles. The van der Waals surface area contributed by atoms with E-state index in [1.54, 1.807) is 12.3 Å². The number of hydrogen-bond acceptors (Lipinski definition) is 3. The fraction of sp³-hybridized carbons (Fsp3) is 0.0357. The molecular weight excluding hydrogens is 392 g/mol. The molecule has 0 unspecified atom stereocenters. The van der Waals surface area contributed by atoms with E-state index >= 15 is 0 Å². The first-order valence-electron chi connectivity index (χ1n) is 10.5. The van der Waals surface area contributed by atoms with Crippen molar-refractivity contribution in [3.05, 3.63) is 145 Å². The molecule has 0 radical (unpaired) electrons. The number of imidazole rings is 1. The van der Waals surface area contributed by atoms with Crippen LogP contribution in [-0.4, -0.2) is 19.5 Å². The summed E-state index contributed by atoms with van der Waals surface area (Å²) in [5.41, 5.74) is 5.25. The van der Waals surface area contributed by atoms with Gasteiger partial charge >= 0.3 is 0 Å². The highest BCUT2D eigenvalue weighted by atomic mass is 15.1. The van der Waals surface area contributed by atoms with Gasteiger partial charge in [0.2, 0.25) is 0 Å². The molecular formula is C28H22N4. The van der Waals surface area contributed by atoms with E-state index < -0.39 is 5.54 Å². The monoisotopic (exact) mass is 414 g/mol. The Labute approximate surface area is 187 Å². The lowest BCUT2D eigenvalue weighted by Crippen LogP contribution is -2.36. The minimum absolute atomic E-state index is 0.598. The standard InChI is InChI=1S/C28H22N4/c1-2-26-25(18-29-20-30-26)27-19-32(21-31-27)28(22-12-6-3-7-13-22,23-14-8-4-9-15-23)24-16-10-5-11-17-24/h2-21H,1H2. The summed E-state index contributed by atoms with van der Waals surface area (Å²) in [7, 11) is 0. The van der Waals surface area contributed by atoms with Gasteiger partial charge in [-0.05, 0) is 22.8 Å². The number of rotatable bonds is 6. The fourth-order valence-electron chi connectivity index (χ4n) is 4.33. The van der Waals surface area contributed by atoms with Crippen molar-refractivity contribution >= 4 is 6.08 Å². The van der Waals surface area contributed by atoms with Crippen LogP contribution < -0.4 is 0 Å². The van der Waals surface area contributed by atoms with Crippen molar-refractivity contribution in [3.63, 3.8) is 0 Å². The van der Waals surface area contributed by atoms with E-state index in [-0.39, 0.29) is 0 Å². The first-order chi connectivity index (χ1) is 15.8. The summed E-state index contributed by atoms with van der Waals surface area (Å²) in [5, 5.41) is 0. The van der Waals surface area contributed by atoms with Gasteiger partial charge in [0.1, 0.15) is 11.9 Å². The van der Waals surface area contributed by atoms with Crippen LogP contribution in [0.3, 0.4) is 0 Å². The smallest absolute Gasteiger partial charge is 0.121 e. The lowest BCUT2D eigenvalue weighted by atomic mass is 9.77. The van der Waals surface area contributed by atoms with Crippen LogP contribution in [0.15, 0.2) is 123 Å². The summed E-state index contributed by atoms with van der Waals surface area (Å²) in [6.07, 6.45) is 9.00. The van der Waals surface area contributed by atoms with Gasteiger partial charge in [-0.15, -0.1) is 0 Å². The summed E-state index contributed by atoms with van der Waals surface area (Å²) in [5.74, 6) is 0. The maximum Gasteiger partial charge on any atom is 0.121 e. The Bertz CT molecular complexity index is 1230. The van der Waals surface area contributed by atoms with Gasteiger partial charge in [0.05, 0.1) is 17.7 Å². The first kappa shape index (κ1) is 19.6. The van der Waals surface area contributed by atoms with Gasteiger partial charge in [-0.2, -0.15) is 0 Å². The normalized spacial score (nSPS) is 11.2. The van der Waals surface area contributed by atoms with Crippen LogP contribution in [0.2, 0.25) is 0 Å². The Hall–Kier alpha value is -4.31. The van der Waals surface area contributed by atoms with Gasteiger partial charge in [0.25, 0.3) is 0 Å². The summed E-state index contributed by atoms with van der Waals surface area (Å²) < 4.78 is 2.18. The molecule has 154 valence electrons. The number of aromatic nitrogens is 4. The Morgan fingerprint density at radius 2 is 1.25 bits per heavy atom. The van der Waals surface area contributed by atoms with E-state index in [0.717, 1.165) is 33.6 Å². The lowest BCUT2D eigenvalue weighted by molar-refractivity contribution is 0.515. The summed E-state index contributed by atoms with van der Waals surface area (Å²) >= 11 is 0. The molecule has 0 aliphatic rings. The zero-order chi connectivity index (χ0) is 21.8. The molecule has 32 heavy (non-hydrogen) atoms. The second-order valence-electron chi connectivity index (χ2n) is 7.50. The topological polar surface area (TPSA) is 43.6 Å². The van der Waals surface area contributed by atoms with Crippen molar-refractivity contribution in [1.29, 1.82) is 0 Å². The molecule has 0 atom stereocenters. The zero-order valence-electron chi connectivity index (χ0n) is 17.5. The second-order valence-corrected chi connectivity index (χ2v) is 7.50. The fourth-order valence-corrected chi connectivity index (χ4v) is 4.33. The average Bonchev–Trinajstić information content (AvgIpc) is 3.37. The summed E-state index contributed by atoms with van der Waals surface area (Å²) in [4.78, 5) is 13.3. The van der Waals surface area contributed by atoms with Crippen molar-refractivity contribution in [1.82, 2.24) is 19.5 Å². The highest BCUT2D eigenvalue weighted by Gasteiger charge is 2.38.